The number of nitrogens with zero attached hydrogens (tertiary/aromatic N) is 2. The van der Waals surface area contributed by atoms with E-state index in [4.69, 9.17) is 11.6 Å². The summed E-state index contributed by atoms with van der Waals surface area (Å²) >= 11 is 5.87. The van der Waals surface area contributed by atoms with Gasteiger partial charge >= 0.3 is 0 Å². The number of unbranched alkanes of at least 4 members (excludes halogenated alkanes) is 1. The second-order valence-electron chi connectivity index (χ2n) is 4.64. The van der Waals surface area contributed by atoms with Crippen LogP contribution in [0.1, 0.15) is 35.8 Å². The third kappa shape index (κ3) is 3.20. The molecule has 5 heteroatoms. The summed E-state index contributed by atoms with van der Waals surface area (Å²) in [6, 6.07) is 7.36. The number of rotatable bonds is 5. The molecule has 0 aliphatic rings. The number of amides is 1. The lowest BCUT2D eigenvalue weighted by Gasteiger charge is -2.06. The highest BCUT2D eigenvalue weighted by molar-refractivity contribution is 6.30. The van der Waals surface area contributed by atoms with Crippen LogP contribution in [-0.2, 0) is 0 Å². The third-order valence-electron chi connectivity index (χ3n) is 3.14. The first-order chi connectivity index (χ1) is 9.63. The van der Waals surface area contributed by atoms with Gasteiger partial charge in [-0.05, 0) is 37.6 Å². The lowest BCUT2D eigenvalue weighted by molar-refractivity contribution is 0.0952. The molecule has 1 amide bonds. The fourth-order valence-electron chi connectivity index (χ4n) is 1.95. The molecule has 4 nitrogen and oxygen atoms in total. The van der Waals surface area contributed by atoms with Crippen molar-refractivity contribution in [2.75, 3.05) is 6.54 Å². The van der Waals surface area contributed by atoms with Crippen LogP contribution in [0.15, 0.2) is 30.5 Å². The van der Waals surface area contributed by atoms with E-state index in [1.54, 1.807) is 23.0 Å². The third-order valence-corrected chi connectivity index (χ3v) is 3.39. The van der Waals surface area contributed by atoms with Gasteiger partial charge in [0.05, 0.1) is 23.1 Å². The first kappa shape index (κ1) is 14.6. The number of benzene rings is 1. The van der Waals surface area contributed by atoms with Gasteiger partial charge in [-0.3, -0.25) is 4.79 Å². The quantitative estimate of drug-likeness (QED) is 0.859. The molecule has 0 atom stereocenters. The van der Waals surface area contributed by atoms with E-state index in [-0.39, 0.29) is 5.91 Å². The lowest BCUT2D eigenvalue weighted by atomic mass is 10.2. The molecule has 20 heavy (non-hydrogen) atoms. The number of hydrogen-bond acceptors (Lipinski definition) is 2. The van der Waals surface area contributed by atoms with Crippen LogP contribution < -0.4 is 5.32 Å². The Bertz CT molecular complexity index is 590. The fourth-order valence-corrected chi connectivity index (χ4v) is 2.08. The van der Waals surface area contributed by atoms with Gasteiger partial charge in [0, 0.05) is 11.6 Å². The number of carbonyl (C=O) groups excluding carboxylic acids is 1. The number of nitrogens with one attached hydrogen (secondary N) is 1. The minimum absolute atomic E-state index is 0.0730. The van der Waals surface area contributed by atoms with Crippen molar-refractivity contribution in [3.63, 3.8) is 0 Å². The predicted octanol–water partition coefficient (Wildman–Crippen LogP) is 3.36. The molecule has 1 aromatic carbocycles. The average molecular weight is 292 g/mol. The average Bonchev–Trinajstić information content (AvgIpc) is 2.82. The van der Waals surface area contributed by atoms with Crippen molar-refractivity contribution in [2.24, 2.45) is 0 Å². The maximum atomic E-state index is 12.1. The van der Waals surface area contributed by atoms with Crippen molar-refractivity contribution in [3.05, 3.63) is 46.7 Å². The summed E-state index contributed by atoms with van der Waals surface area (Å²) in [6.07, 6.45) is 3.64. The Morgan fingerprint density at radius 3 is 2.70 bits per heavy atom. The Morgan fingerprint density at radius 1 is 1.35 bits per heavy atom. The highest BCUT2D eigenvalue weighted by Gasteiger charge is 2.14. The Kier molecular flexibility index (Phi) is 4.79. The van der Waals surface area contributed by atoms with Gasteiger partial charge in [0.15, 0.2) is 0 Å². The molecular weight excluding hydrogens is 274 g/mol. The molecule has 0 saturated heterocycles. The van der Waals surface area contributed by atoms with Crippen molar-refractivity contribution in [1.29, 1.82) is 0 Å². The zero-order valence-electron chi connectivity index (χ0n) is 11.7. The molecule has 1 heterocycles. The van der Waals surface area contributed by atoms with E-state index in [0.29, 0.717) is 17.1 Å². The smallest absolute Gasteiger partial charge is 0.254 e. The second-order valence-corrected chi connectivity index (χ2v) is 5.08. The topological polar surface area (TPSA) is 46.9 Å². The van der Waals surface area contributed by atoms with Crippen LogP contribution in [0.25, 0.3) is 5.69 Å². The molecule has 2 rings (SSSR count). The Hall–Kier alpha value is -1.81. The van der Waals surface area contributed by atoms with E-state index in [9.17, 15) is 4.79 Å². The summed E-state index contributed by atoms with van der Waals surface area (Å²) in [5.74, 6) is -0.0730. The highest BCUT2D eigenvalue weighted by Crippen LogP contribution is 2.16. The second kappa shape index (κ2) is 6.57. The molecule has 0 radical (unpaired) electrons. The van der Waals surface area contributed by atoms with Gasteiger partial charge in [-0.2, -0.15) is 5.10 Å². The summed E-state index contributed by atoms with van der Waals surface area (Å²) in [4.78, 5) is 12.1. The van der Waals surface area contributed by atoms with Gasteiger partial charge in [-0.25, -0.2) is 4.68 Å². The molecule has 1 aromatic heterocycles. The van der Waals surface area contributed by atoms with Gasteiger partial charge in [0.1, 0.15) is 0 Å². The minimum Gasteiger partial charge on any atom is -0.352 e. The molecule has 0 bridgehead atoms. The summed E-state index contributed by atoms with van der Waals surface area (Å²) in [7, 11) is 0. The minimum atomic E-state index is -0.0730. The highest BCUT2D eigenvalue weighted by atomic mass is 35.5. The Morgan fingerprint density at radius 2 is 2.05 bits per heavy atom. The molecule has 106 valence electrons. The standard InChI is InChI=1S/C15H18ClN3O/c1-3-4-9-17-15(20)14-10-18-19(11(14)2)13-7-5-12(16)6-8-13/h5-8,10H,3-4,9H2,1-2H3,(H,17,20). The maximum absolute atomic E-state index is 12.1. The summed E-state index contributed by atoms with van der Waals surface area (Å²) in [5.41, 5.74) is 2.32. The predicted molar refractivity (Wildman–Crippen MR) is 80.6 cm³/mol. The number of aromatic nitrogens is 2. The van der Waals surface area contributed by atoms with Gasteiger partial charge in [-0.15, -0.1) is 0 Å². The lowest BCUT2D eigenvalue weighted by Crippen LogP contribution is -2.24. The van der Waals surface area contributed by atoms with Crippen molar-refractivity contribution >= 4 is 17.5 Å². The van der Waals surface area contributed by atoms with Crippen LogP contribution in [0, 0.1) is 6.92 Å². The fraction of sp³-hybridized carbons (Fsp3) is 0.333. The zero-order valence-corrected chi connectivity index (χ0v) is 12.4. The Labute approximate surface area is 123 Å². The molecule has 0 aliphatic heterocycles. The SMILES string of the molecule is CCCCNC(=O)c1cnn(-c2ccc(Cl)cc2)c1C. The summed E-state index contributed by atoms with van der Waals surface area (Å²) < 4.78 is 1.74. The van der Waals surface area contributed by atoms with Gasteiger partial charge in [0.2, 0.25) is 0 Å². The molecule has 0 aliphatic carbocycles. The summed E-state index contributed by atoms with van der Waals surface area (Å²) in [6.45, 7) is 4.67. The van der Waals surface area contributed by atoms with Crippen molar-refractivity contribution < 1.29 is 4.79 Å². The van der Waals surface area contributed by atoms with Gasteiger partial charge in [0.25, 0.3) is 5.91 Å². The van der Waals surface area contributed by atoms with Crippen LogP contribution in [0.5, 0.6) is 0 Å². The molecule has 0 unspecified atom stereocenters. The number of halogens is 1. The molecule has 0 spiro atoms. The number of hydrogen-bond donors (Lipinski definition) is 1. The molecule has 0 saturated carbocycles. The largest absolute Gasteiger partial charge is 0.352 e. The molecule has 1 N–H and O–H groups in total. The maximum Gasteiger partial charge on any atom is 0.254 e. The van der Waals surface area contributed by atoms with Gasteiger partial charge in [-0.1, -0.05) is 24.9 Å². The van der Waals surface area contributed by atoms with Crippen LogP contribution >= 0.6 is 11.6 Å². The van der Waals surface area contributed by atoms with Crippen molar-refractivity contribution in [2.45, 2.75) is 26.7 Å². The van der Waals surface area contributed by atoms with E-state index in [2.05, 4.69) is 17.3 Å². The van der Waals surface area contributed by atoms with Crippen LogP contribution in [0.4, 0.5) is 0 Å². The first-order valence-corrected chi connectivity index (χ1v) is 7.10. The normalized spacial score (nSPS) is 10.6. The van der Waals surface area contributed by atoms with E-state index in [1.165, 1.54) is 0 Å². The molecule has 2 aromatic rings. The van der Waals surface area contributed by atoms with E-state index in [1.807, 2.05) is 19.1 Å². The summed E-state index contributed by atoms with van der Waals surface area (Å²) in [5, 5.41) is 7.86. The number of carbonyl (C=O) groups is 1. The van der Waals surface area contributed by atoms with Gasteiger partial charge < -0.3 is 5.32 Å². The van der Waals surface area contributed by atoms with E-state index in [0.717, 1.165) is 24.2 Å². The van der Waals surface area contributed by atoms with E-state index < -0.39 is 0 Å². The molecular formula is C15H18ClN3O. The molecule has 0 fully saturated rings. The monoisotopic (exact) mass is 291 g/mol. The Balaban J connectivity index is 2.18. The zero-order chi connectivity index (χ0) is 14.5. The van der Waals surface area contributed by atoms with Crippen LogP contribution in [0.3, 0.4) is 0 Å². The van der Waals surface area contributed by atoms with Crippen molar-refractivity contribution in [3.8, 4) is 5.69 Å². The van der Waals surface area contributed by atoms with Crippen LogP contribution in [0.2, 0.25) is 5.02 Å². The van der Waals surface area contributed by atoms with Crippen LogP contribution in [-0.4, -0.2) is 22.2 Å². The first-order valence-electron chi connectivity index (χ1n) is 6.72. The van der Waals surface area contributed by atoms with E-state index >= 15 is 0 Å². The van der Waals surface area contributed by atoms with Crippen molar-refractivity contribution in [1.82, 2.24) is 15.1 Å².